The van der Waals surface area contributed by atoms with E-state index in [1.54, 1.807) is 6.20 Å². The second-order valence-corrected chi connectivity index (χ2v) is 7.07. The largest absolute Gasteiger partial charge is 0.351 e. The fourth-order valence-electron chi connectivity index (χ4n) is 3.60. The third-order valence-corrected chi connectivity index (χ3v) is 5.07. The molecule has 0 saturated heterocycles. The first-order chi connectivity index (χ1) is 12.8. The maximum atomic E-state index is 12.3. The van der Waals surface area contributed by atoms with E-state index in [9.17, 15) is 4.79 Å². The van der Waals surface area contributed by atoms with Crippen LogP contribution in [0, 0.1) is 0 Å². The fraction of sp³-hybridized carbons (Fsp3) is 0.600. The number of fused-ring (bicyclic) bond motifs is 1. The Hall–Kier alpha value is -1.92. The standard InChI is InChI=1S/C20H31N5O/c26-20(18-9-6-10-19-23-15-16-25(18)19)24-12-5-4-11-21-13-14-22-17-7-2-1-3-8-17/h6,9-10,15-17,21-22H,1-5,7-8,11-14H2,(H,24,26). The van der Waals surface area contributed by atoms with Crippen molar-refractivity contribution in [2.24, 2.45) is 0 Å². The number of hydrogen-bond acceptors (Lipinski definition) is 4. The molecular weight excluding hydrogens is 326 g/mol. The summed E-state index contributed by atoms with van der Waals surface area (Å²) in [5.74, 6) is -0.0433. The summed E-state index contributed by atoms with van der Waals surface area (Å²) in [4.78, 5) is 16.5. The number of rotatable bonds is 10. The first-order valence-corrected chi connectivity index (χ1v) is 9.99. The van der Waals surface area contributed by atoms with E-state index in [2.05, 4.69) is 20.9 Å². The van der Waals surface area contributed by atoms with Crippen molar-refractivity contribution in [1.82, 2.24) is 25.3 Å². The summed E-state index contributed by atoms with van der Waals surface area (Å²) in [6, 6.07) is 6.32. The molecule has 1 aliphatic carbocycles. The lowest BCUT2D eigenvalue weighted by Gasteiger charge is -2.22. The summed E-state index contributed by atoms with van der Waals surface area (Å²) in [5.41, 5.74) is 1.43. The minimum atomic E-state index is -0.0433. The highest BCUT2D eigenvalue weighted by molar-refractivity contribution is 5.93. The monoisotopic (exact) mass is 357 g/mol. The zero-order valence-electron chi connectivity index (χ0n) is 15.5. The average Bonchev–Trinajstić information content (AvgIpc) is 3.16. The molecule has 2 aromatic rings. The topological polar surface area (TPSA) is 70.5 Å². The summed E-state index contributed by atoms with van der Waals surface area (Å²) < 4.78 is 1.82. The van der Waals surface area contributed by atoms with Crippen LogP contribution in [-0.4, -0.2) is 47.5 Å². The summed E-state index contributed by atoms with van der Waals surface area (Å²) in [6.45, 7) is 3.77. The Bertz CT molecular complexity index is 678. The lowest BCUT2D eigenvalue weighted by molar-refractivity contribution is 0.0946. The van der Waals surface area contributed by atoms with Gasteiger partial charge in [-0.05, 0) is 44.4 Å². The predicted octanol–water partition coefficient (Wildman–Crippen LogP) is 2.36. The van der Waals surface area contributed by atoms with Crippen molar-refractivity contribution < 1.29 is 4.79 Å². The first-order valence-electron chi connectivity index (χ1n) is 9.99. The van der Waals surface area contributed by atoms with E-state index >= 15 is 0 Å². The van der Waals surface area contributed by atoms with E-state index in [4.69, 9.17) is 0 Å². The molecule has 1 aliphatic rings. The summed E-state index contributed by atoms with van der Waals surface area (Å²) >= 11 is 0. The second kappa shape index (κ2) is 10.3. The lowest BCUT2D eigenvalue weighted by Crippen LogP contribution is -2.36. The van der Waals surface area contributed by atoms with Crippen molar-refractivity contribution >= 4 is 11.6 Å². The van der Waals surface area contributed by atoms with Crippen LogP contribution in [0.25, 0.3) is 5.65 Å². The Kier molecular flexibility index (Phi) is 7.46. The molecule has 0 spiro atoms. The minimum absolute atomic E-state index is 0.0433. The maximum Gasteiger partial charge on any atom is 0.268 e. The van der Waals surface area contributed by atoms with Gasteiger partial charge in [0.05, 0.1) is 0 Å². The number of aromatic nitrogens is 2. The molecule has 6 nitrogen and oxygen atoms in total. The smallest absolute Gasteiger partial charge is 0.268 e. The van der Waals surface area contributed by atoms with Gasteiger partial charge in [0.15, 0.2) is 0 Å². The molecule has 0 unspecified atom stereocenters. The van der Waals surface area contributed by atoms with E-state index in [0.29, 0.717) is 12.2 Å². The molecule has 0 radical (unpaired) electrons. The maximum absolute atomic E-state index is 12.3. The van der Waals surface area contributed by atoms with Crippen LogP contribution in [0.1, 0.15) is 55.4 Å². The zero-order valence-corrected chi connectivity index (χ0v) is 15.5. The highest BCUT2D eigenvalue weighted by atomic mass is 16.1. The van der Waals surface area contributed by atoms with E-state index in [0.717, 1.165) is 44.2 Å². The molecule has 3 rings (SSSR count). The Balaban J connectivity index is 1.22. The van der Waals surface area contributed by atoms with Crippen LogP contribution in [0.15, 0.2) is 30.6 Å². The van der Waals surface area contributed by atoms with Gasteiger partial charge in [-0.15, -0.1) is 0 Å². The van der Waals surface area contributed by atoms with Crippen LogP contribution in [0.4, 0.5) is 0 Å². The number of imidazole rings is 1. The van der Waals surface area contributed by atoms with Crippen LogP contribution in [0.3, 0.4) is 0 Å². The van der Waals surface area contributed by atoms with Gasteiger partial charge in [-0.3, -0.25) is 9.20 Å². The molecule has 3 N–H and O–H groups in total. The molecule has 0 aromatic carbocycles. The fourth-order valence-corrected chi connectivity index (χ4v) is 3.60. The zero-order chi connectivity index (χ0) is 18.0. The predicted molar refractivity (Wildman–Crippen MR) is 105 cm³/mol. The first kappa shape index (κ1) is 18.9. The summed E-state index contributed by atoms with van der Waals surface area (Å²) in [6.07, 6.45) is 12.4. The SMILES string of the molecule is O=C(NCCCCNCCNC1CCCCC1)c1cccc2nccn12. The van der Waals surface area contributed by atoms with E-state index in [1.165, 1.54) is 32.1 Å². The Labute approximate surface area is 155 Å². The summed E-state index contributed by atoms with van der Waals surface area (Å²) in [7, 11) is 0. The van der Waals surface area contributed by atoms with Gasteiger partial charge in [-0.25, -0.2) is 4.98 Å². The number of hydrogen-bond donors (Lipinski definition) is 3. The van der Waals surface area contributed by atoms with Crippen molar-refractivity contribution in [1.29, 1.82) is 0 Å². The Morgan fingerprint density at radius 2 is 1.92 bits per heavy atom. The lowest BCUT2D eigenvalue weighted by atomic mass is 9.95. The molecular formula is C20H31N5O. The van der Waals surface area contributed by atoms with Gasteiger partial charge in [0, 0.05) is 38.1 Å². The molecule has 6 heteroatoms. The molecule has 2 heterocycles. The van der Waals surface area contributed by atoms with Gasteiger partial charge < -0.3 is 16.0 Å². The number of nitrogens with one attached hydrogen (secondary N) is 3. The molecule has 1 saturated carbocycles. The molecule has 142 valence electrons. The van der Waals surface area contributed by atoms with Crippen molar-refractivity contribution in [2.75, 3.05) is 26.2 Å². The number of nitrogens with zero attached hydrogens (tertiary/aromatic N) is 2. The average molecular weight is 358 g/mol. The van der Waals surface area contributed by atoms with Gasteiger partial charge in [-0.2, -0.15) is 0 Å². The van der Waals surface area contributed by atoms with Gasteiger partial charge in [-0.1, -0.05) is 25.3 Å². The van der Waals surface area contributed by atoms with Gasteiger partial charge in [0.1, 0.15) is 11.3 Å². The molecule has 0 atom stereocenters. The van der Waals surface area contributed by atoms with Crippen LogP contribution < -0.4 is 16.0 Å². The molecule has 1 amide bonds. The number of carbonyl (C=O) groups is 1. The highest BCUT2D eigenvalue weighted by Gasteiger charge is 2.11. The van der Waals surface area contributed by atoms with Crippen molar-refractivity contribution in [3.63, 3.8) is 0 Å². The molecule has 1 fully saturated rings. The third-order valence-electron chi connectivity index (χ3n) is 5.07. The van der Waals surface area contributed by atoms with Gasteiger partial charge in [0.25, 0.3) is 5.91 Å². The van der Waals surface area contributed by atoms with Crippen molar-refractivity contribution in [3.8, 4) is 0 Å². The number of amides is 1. The molecule has 26 heavy (non-hydrogen) atoms. The van der Waals surface area contributed by atoms with Crippen LogP contribution in [-0.2, 0) is 0 Å². The van der Waals surface area contributed by atoms with Crippen LogP contribution >= 0.6 is 0 Å². The Morgan fingerprint density at radius 1 is 1.08 bits per heavy atom. The van der Waals surface area contributed by atoms with E-state index in [-0.39, 0.29) is 5.91 Å². The molecule has 0 bridgehead atoms. The Morgan fingerprint density at radius 3 is 2.81 bits per heavy atom. The van der Waals surface area contributed by atoms with Crippen molar-refractivity contribution in [3.05, 3.63) is 36.3 Å². The van der Waals surface area contributed by atoms with Crippen LogP contribution in [0.5, 0.6) is 0 Å². The van der Waals surface area contributed by atoms with Crippen molar-refractivity contribution in [2.45, 2.75) is 51.0 Å². The van der Waals surface area contributed by atoms with Crippen LogP contribution in [0.2, 0.25) is 0 Å². The van der Waals surface area contributed by atoms with Gasteiger partial charge >= 0.3 is 0 Å². The number of carbonyl (C=O) groups excluding carboxylic acids is 1. The van der Waals surface area contributed by atoms with E-state index < -0.39 is 0 Å². The number of pyridine rings is 1. The minimum Gasteiger partial charge on any atom is -0.351 e. The second-order valence-electron chi connectivity index (χ2n) is 7.07. The molecule has 2 aromatic heterocycles. The number of unbranched alkanes of at least 4 members (excludes halogenated alkanes) is 1. The quantitative estimate of drug-likeness (QED) is 0.571. The van der Waals surface area contributed by atoms with Gasteiger partial charge in [0.2, 0.25) is 0 Å². The highest BCUT2D eigenvalue weighted by Crippen LogP contribution is 2.16. The normalized spacial score (nSPS) is 15.4. The van der Waals surface area contributed by atoms with E-state index in [1.807, 2.05) is 28.8 Å². The third kappa shape index (κ3) is 5.54. The summed E-state index contributed by atoms with van der Waals surface area (Å²) in [5, 5.41) is 10.1. The molecule has 0 aliphatic heterocycles.